The Morgan fingerprint density at radius 2 is 2.08 bits per heavy atom. The highest BCUT2D eigenvalue weighted by molar-refractivity contribution is 5.97. The highest BCUT2D eigenvalue weighted by Crippen LogP contribution is 2.30. The second-order valence-electron chi connectivity index (χ2n) is 7.65. The van der Waals surface area contributed by atoms with Gasteiger partial charge in [0.15, 0.2) is 5.82 Å². The van der Waals surface area contributed by atoms with Gasteiger partial charge in [-0.3, -0.25) is 4.79 Å². The molecule has 6 nitrogen and oxygen atoms in total. The van der Waals surface area contributed by atoms with Gasteiger partial charge in [-0.15, -0.1) is 0 Å². The molecule has 1 saturated carbocycles. The third-order valence-corrected chi connectivity index (χ3v) is 4.13. The van der Waals surface area contributed by atoms with E-state index in [1.54, 1.807) is 6.07 Å². The van der Waals surface area contributed by atoms with Gasteiger partial charge in [-0.05, 0) is 37.8 Å². The van der Waals surface area contributed by atoms with Crippen molar-refractivity contribution >= 4 is 5.91 Å². The Kier molecular flexibility index (Phi) is 4.79. The zero-order chi connectivity index (χ0) is 18.0. The Morgan fingerprint density at radius 1 is 1.36 bits per heavy atom. The van der Waals surface area contributed by atoms with Crippen LogP contribution in [-0.4, -0.2) is 22.7 Å². The molecule has 0 spiro atoms. The monoisotopic (exact) mass is 343 g/mol. The minimum absolute atomic E-state index is 0.200. The highest BCUT2D eigenvalue weighted by atomic mass is 16.5. The van der Waals surface area contributed by atoms with E-state index < -0.39 is 0 Å². The number of carbonyl (C=O) groups is 1. The number of hydrogen-bond acceptors (Lipinski definition) is 5. The van der Waals surface area contributed by atoms with Gasteiger partial charge in [-0.1, -0.05) is 38.1 Å². The number of aromatic nitrogens is 2. The summed E-state index contributed by atoms with van der Waals surface area (Å²) in [4.78, 5) is 17.0. The van der Waals surface area contributed by atoms with Gasteiger partial charge in [0, 0.05) is 5.41 Å². The molecule has 1 aliphatic carbocycles. The van der Waals surface area contributed by atoms with Gasteiger partial charge < -0.3 is 14.6 Å². The molecular weight excluding hydrogens is 318 g/mol. The quantitative estimate of drug-likeness (QED) is 0.866. The Hall–Kier alpha value is -2.37. The van der Waals surface area contributed by atoms with Crippen molar-refractivity contribution in [1.29, 1.82) is 0 Å². The molecule has 25 heavy (non-hydrogen) atoms. The van der Waals surface area contributed by atoms with E-state index in [0.717, 1.165) is 0 Å². The molecule has 2 aromatic rings. The third-order valence-electron chi connectivity index (χ3n) is 4.13. The summed E-state index contributed by atoms with van der Waals surface area (Å²) in [5.41, 5.74) is 0.319. The van der Waals surface area contributed by atoms with Crippen LogP contribution in [0, 0.1) is 5.92 Å². The Bertz CT molecular complexity index is 744. The Labute approximate surface area is 148 Å². The minimum atomic E-state index is -0.382. The molecule has 1 amide bonds. The van der Waals surface area contributed by atoms with Crippen LogP contribution in [0.4, 0.5) is 0 Å². The standard InChI is InChI=1S/C19H25N3O3/c1-12(17-21-18(22-25-17)19(2,3)4)20-16(23)14-7-5-6-8-15(14)24-11-13-9-10-13/h5-8,12-13H,9-11H2,1-4H3,(H,20,23). The van der Waals surface area contributed by atoms with E-state index in [4.69, 9.17) is 9.26 Å². The number of nitrogens with zero attached hydrogens (tertiary/aromatic N) is 2. The first-order valence-electron chi connectivity index (χ1n) is 8.71. The summed E-state index contributed by atoms with van der Waals surface area (Å²) in [6.45, 7) is 8.53. The molecule has 0 radical (unpaired) electrons. The zero-order valence-corrected chi connectivity index (χ0v) is 15.2. The van der Waals surface area contributed by atoms with Gasteiger partial charge in [0.2, 0.25) is 5.89 Å². The lowest BCUT2D eigenvalue weighted by Gasteiger charge is -2.14. The fourth-order valence-corrected chi connectivity index (χ4v) is 2.32. The van der Waals surface area contributed by atoms with E-state index in [1.165, 1.54) is 12.8 Å². The van der Waals surface area contributed by atoms with Crippen molar-refractivity contribution in [2.24, 2.45) is 5.92 Å². The van der Waals surface area contributed by atoms with Gasteiger partial charge in [0.1, 0.15) is 11.8 Å². The molecule has 1 heterocycles. The molecule has 0 saturated heterocycles. The van der Waals surface area contributed by atoms with E-state index in [-0.39, 0.29) is 17.4 Å². The van der Waals surface area contributed by atoms with Crippen LogP contribution in [0.3, 0.4) is 0 Å². The molecule has 1 fully saturated rings. The predicted molar refractivity (Wildman–Crippen MR) is 93.5 cm³/mol. The average Bonchev–Trinajstić information content (AvgIpc) is 3.24. The second-order valence-corrected chi connectivity index (χ2v) is 7.65. The first kappa shape index (κ1) is 17.5. The first-order valence-corrected chi connectivity index (χ1v) is 8.71. The predicted octanol–water partition coefficient (Wildman–Crippen LogP) is 3.65. The van der Waals surface area contributed by atoms with Crippen LogP contribution >= 0.6 is 0 Å². The van der Waals surface area contributed by atoms with Crippen molar-refractivity contribution in [3.63, 3.8) is 0 Å². The van der Waals surface area contributed by atoms with E-state index in [9.17, 15) is 4.79 Å². The highest BCUT2D eigenvalue weighted by Gasteiger charge is 2.25. The van der Waals surface area contributed by atoms with Crippen LogP contribution < -0.4 is 10.1 Å². The molecule has 0 bridgehead atoms. The summed E-state index contributed by atoms with van der Waals surface area (Å²) in [6, 6.07) is 6.90. The fourth-order valence-electron chi connectivity index (χ4n) is 2.32. The molecule has 3 rings (SSSR count). The van der Waals surface area contributed by atoms with Gasteiger partial charge in [-0.25, -0.2) is 0 Å². The maximum atomic E-state index is 12.6. The topological polar surface area (TPSA) is 77.2 Å². The minimum Gasteiger partial charge on any atom is -0.492 e. The lowest BCUT2D eigenvalue weighted by Crippen LogP contribution is -2.27. The summed E-state index contributed by atoms with van der Waals surface area (Å²) < 4.78 is 11.1. The number of amides is 1. The third kappa shape index (κ3) is 4.38. The average molecular weight is 343 g/mol. The van der Waals surface area contributed by atoms with Gasteiger partial charge in [0.05, 0.1) is 12.2 Å². The number of carbonyl (C=O) groups excluding carboxylic acids is 1. The molecule has 1 aromatic carbocycles. The normalized spacial score (nSPS) is 15.7. The molecule has 0 aliphatic heterocycles. The summed E-state index contributed by atoms with van der Waals surface area (Å²) >= 11 is 0. The van der Waals surface area contributed by atoms with Crippen LogP contribution in [0.15, 0.2) is 28.8 Å². The lowest BCUT2D eigenvalue weighted by atomic mass is 9.96. The molecule has 6 heteroatoms. The number of para-hydroxylation sites is 1. The number of rotatable bonds is 6. The number of ether oxygens (including phenoxy) is 1. The van der Waals surface area contributed by atoms with Crippen molar-refractivity contribution in [2.45, 2.75) is 52.0 Å². The van der Waals surface area contributed by atoms with Gasteiger partial charge in [-0.2, -0.15) is 4.98 Å². The van der Waals surface area contributed by atoms with Crippen molar-refractivity contribution in [1.82, 2.24) is 15.5 Å². The lowest BCUT2D eigenvalue weighted by molar-refractivity contribution is 0.0928. The van der Waals surface area contributed by atoms with E-state index >= 15 is 0 Å². The van der Waals surface area contributed by atoms with Crippen molar-refractivity contribution in [3.8, 4) is 5.75 Å². The number of hydrogen-bond donors (Lipinski definition) is 1. The smallest absolute Gasteiger partial charge is 0.255 e. The molecular formula is C19H25N3O3. The fraction of sp³-hybridized carbons (Fsp3) is 0.526. The van der Waals surface area contributed by atoms with Crippen molar-refractivity contribution in [2.75, 3.05) is 6.61 Å². The van der Waals surface area contributed by atoms with E-state index in [0.29, 0.717) is 35.6 Å². The summed E-state index contributed by atoms with van der Waals surface area (Å²) in [5.74, 6) is 2.05. The second kappa shape index (κ2) is 6.86. The van der Waals surface area contributed by atoms with Crippen LogP contribution in [0.25, 0.3) is 0 Å². The largest absolute Gasteiger partial charge is 0.492 e. The Morgan fingerprint density at radius 3 is 2.72 bits per heavy atom. The van der Waals surface area contributed by atoms with Crippen molar-refractivity contribution < 1.29 is 14.1 Å². The van der Waals surface area contributed by atoms with Crippen molar-refractivity contribution in [3.05, 3.63) is 41.5 Å². The van der Waals surface area contributed by atoms with Crippen LogP contribution in [-0.2, 0) is 5.41 Å². The first-order chi connectivity index (χ1) is 11.8. The van der Waals surface area contributed by atoms with Crippen LogP contribution in [0.2, 0.25) is 0 Å². The summed E-state index contributed by atoms with van der Waals surface area (Å²) in [5, 5.41) is 6.91. The van der Waals surface area contributed by atoms with Crippen LogP contribution in [0.1, 0.15) is 68.7 Å². The molecule has 1 atom stereocenters. The maximum absolute atomic E-state index is 12.6. The zero-order valence-electron chi connectivity index (χ0n) is 15.2. The summed E-state index contributed by atoms with van der Waals surface area (Å²) in [6.07, 6.45) is 2.41. The van der Waals surface area contributed by atoms with Gasteiger partial charge >= 0.3 is 0 Å². The molecule has 1 aliphatic rings. The number of nitrogens with one attached hydrogen (secondary N) is 1. The van der Waals surface area contributed by atoms with Gasteiger partial charge in [0.25, 0.3) is 5.91 Å². The SMILES string of the molecule is CC(NC(=O)c1ccccc1OCC1CC1)c1nc(C(C)(C)C)no1. The van der Waals surface area contributed by atoms with E-state index in [2.05, 4.69) is 15.5 Å². The van der Waals surface area contributed by atoms with Crippen LogP contribution in [0.5, 0.6) is 5.75 Å². The molecule has 1 N–H and O–H groups in total. The Balaban J connectivity index is 1.68. The number of benzene rings is 1. The molecule has 1 unspecified atom stereocenters. The molecule has 1 aromatic heterocycles. The maximum Gasteiger partial charge on any atom is 0.255 e. The summed E-state index contributed by atoms with van der Waals surface area (Å²) in [7, 11) is 0. The molecule has 134 valence electrons. The van der Waals surface area contributed by atoms with E-state index in [1.807, 2.05) is 45.9 Å².